The van der Waals surface area contributed by atoms with E-state index in [1.165, 1.54) is 6.07 Å². The highest BCUT2D eigenvalue weighted by molar-refractivity contribution is 5.18. The van der Waals surface area contributed by atoms with E-state index in [2.05, 4.69) is 19.2 Å². The van der Waals surface area contributed by atoms with Gasteiger partial charge in [-0.25, -0.2) is 8.78 Å². The standard InChI is InChI=1S/C12H17F2N/c1-8(2)9(3)15-7-10-5-4-6-11(13)12(10)14/h4-6,8-9,15H,7H2,1-3H3/t9-/m1/s1. The molecular formula is C12H17F2N. The van der Waals surface area contributed by atoms with E-state index in [0.717, 1.165) is 6.07 Å². The van der Waals surface area contributed by atoms with Crippen LogP contribution in [0.5, 0.6) is 0 Å². The molecule has 0 bridgehead atoms. The molecule has 0 saturated carbocycles. The molecule has 84 valence electrons. The lowest BCUT2D eigenvalue weighted by molar-refractivity contribution is 0.417. The third kappa shape index (κ3) is 3.27. The van der Waals surface area contributed by atoms with Crippen LogP contribution >= 0.6 is 0 Å². The van der Waals surface area contributed by atoms with Gasteiger partial charge in [-0.1, -0.05) is 26.0 Å². The Hall–Kier alpha value is -0.960. The summed E-state index contributed by atoms with van der Waals surface area (Å²) in [7, 11) is 0. The topological polar surface area (TPSA) is 12.0 Å². The SMILES string of the molecule is CC(C)[C@@H](C)NCc1cccc(F)c1F. The Balaban J connectivity index is 2.62. The summed E-state index contributed by atoms with van der Waals surface area (Å²) in [5.74, 6) is -1.06. The van der Waals surface area contributed by atoms with Crippen LogP contribution < -0.4 is 5.32 Å². The van der Waals surface area contributed by atoms with Gasteiger partial charge < -0.3 is 5.32 Å². The maximum Gasteiger partial charge on any atom is 0.163 e. The minimum atomic E-state index is -0.786. The zero-order valence-electron chi connectivity index (χ0n) is 9.35. The Labute approximate surface area is 89.5 Å². The molecule has 0 radical (unpaired) electrons. The predicted octanol–water partition coefficient (Wildman–Crippen LogP) is 3.10. The van der Waals surface area contributed by atoms with E-state index in [-0.39, 0.29) is 6.04 Å². The molecule has 0 spiro atoms. The van der Waals surface area contributed by atoms with Crippen LogP contribution in [-0.4, -0.2) is 6.04 Å². The number of halogens is 2. The van der Waals surface area contributed by atoms with E-state index < -0.39 is 11.6 Å². The number of nitrogens with one attached hydrogen (secondary N) is 1. The molecule has 0 heterocycles. The first-order valence-electron chi connectivity index (χ1n) is 5.18. The Morgan fingerprint density at radius 3 is 2.47 bits per heavy atom. The van der Waals surface area contributed by atoms with Crippen molar-refractivity contribution in [2.75, 3.05) is 0 Å². The van der Waals surface area contributed by atoms with Crippen molar-refractivity contribution in [2.24, 2.45) is 5.92 Å². The van der Waals surface area contributed by atoms with Crippen LogP contribution in [0, 0.1) is 17.6 Å². The summed E-state index contributed by atoms with van der Waals surface area (Å²) in [5.41, 5.74) is 0.377. The van der Waals surface area contributed by atoms with Gasteiger partial charge in [0.05, 0.1) is 0 Å². The maximum atomic E-state index is 13.2. The average molecular weight is 213 g/mol. The van der Waals surface area contributed by atoms with Crippen LogP contribution in [0.2, 0.25) is 0 Å². The van der Waals surface area contributed by atoms with Crippen molar-refractivity contribution in [2.45, 2.75) is 33.4 Å². The molecule has 15 heavy (non-hydrogen) atoms. The minimum Gasteiger partial charge on any atom is -0.310 e. The number of hydrogen-bond donors (Lipinski definition) is 1. The van der Waals surface area contributed by atoms with Crippen LogP contribution in [0.25, 0.3) is 0 Å². The van der Waals surface area contributed by atoms with Crippen molar-refractivity contribution in [1.29, 1.82) is 0 Å². The van der Waals surface area contributed by atoms with E-state index in [1.54, 1.807) is 6.07 Å². The lowest BCUT2D eigenvalue weighted by Crippen LogP contribution is -2.30. The smallest absolute Gasteiger partial charge is 0.163 e. The lowest BCUT2D eigenvalue weighted by atomic mass is 10.1. The Morgan fingerprint density at radius 2 is 1.87 bits per heavy atom. The molecule has 0 amide bonds. The van der Waals surface area contributed by atoms with E-state index in [4.69, 9.17) is 0 Å². The van der Waals surface area contributed by atoms with Crippen molar-refractivity contribution in [3.05, 3.63) is 35.4 Å². The molecule has 0 saturated heterocycles. The molecular weight excluding hydrogens is 196 g/mol. The number of benzene rings is 1. The van der Waals surface area contributed by atoms with Crippen molar-refractivity contribution in [1.82, 2.24) is 5.32 Å². The van der Waals surface area contributed by atoms with Gasteiger partial charge in [-0.3, -0.25) is 0 Å². The highest BCUT2D eigenvalue weighted by Gasteiger charge is 2.10. The molecule has 1 aromatic rings. The van der Waals surface area contributed by atoms with E-state index in [0.29, 0.717) is 18.0 Å². The minimum absolute atomic E-state index is 0.285. The molecule has 1 nitrogen and oxygen atoms in total. The van der Waals surface area contributed by atoms with E-state index >= 15 is 0 Å². The fourth-order valence-corrected chi connectivity index (χ4v) is 1.19. The number of hydrogen-bond acceptors (Lipinski definition) is 1. The zero-order chi connectivity index (χ0) is 11.4. The second-order valence-electron chi connectivity index (χ2n) is 4.13. The molecule has 1 aromatic carbocycles. The predicted molar refractivity (Wildman–Crippen MR) is 57.5 cm³/mol. The molecule has 0 aliphatic rings. The summed E-state index contributed by atoms with van der Waals surface area (Å²) in [6.45, 7) is 6.56. The normalized spacial score (nSPS) is 13.2. The summed E-state index contributed by atoms with van der Waals surface area (Å²) in [5, 5.41) is 3.16. The van der Waals surface area contributed by atoms with Gasteiger partial charge in [0.1, 0.15) is 0 Å². The molecule has 1 atom stereocenters. The summed E-state index contributed by atoms with van der Waals surface area (Å²) in [6, 6.07) is 4.53. The van der Waals surface area contributed by atoms with Crippen LogP contribution in [-0.2, 0) is 6.54 Å². The van der Waals surface area contributed by atoms with Gasteiger partial charge in [0.25, 0.3) is 0 Å². The largest absolute Gasteiger partial charge is 0.310 e. The fraction of sp³-hybridized carbons (Fsp3) is 0.500. The molecule has 3 heteroatoms. The third-order valence-electron chi connectivity index (χ3n) is 2.65. The van der Waals surface area contributed by atoms with E-state index in [1.807, 2.05) is 6.92 Å². The summed E-state index contributed by atoms with van der Waals surface area (Å²) < 4.78 is 26.1. The van der Waals surface area contributed by atoms with Crippen molar-refractivity contribution in [3.8, 4) is 0 Å². The first kappa shape index (κ1) is 12.1. The first-order valence-corrected chi connectivity index (χ1v) is 5.18. The molecule has 0 aliphatic carbocycles. The molecule has 0 fully saturated rings. The molecule has 0 unspecified atom stereocenters. The van der Waals surface area contributed by atoms with Crippen LogP contribution in [0.15, 0.2) is 18.2 Å². The van der Waals surface area contributed by atoms with Gasteiger partial charge in [0.15, 0.2) is 11.6 Å². The summed E-state index contributed by atoms with van der Waals surface area (Å²) >= 11 is 0. The third-order valence-corrected chi connectivity index (χ3v) is 2.65. The average Bonchev–Trinajstić information content (AvgIpc) is 2.19. The highest BCUT2D eigenvalue weighted by Crippen LogP contribution is 2.11. The van der Waals surface area contributed by atoms with E-state index in [9.17, 15) is 8.78 Å². The second-order valence-corrected chi connectivity index (χ2v) is 4.13. The van der Waals surface area contributed by atoms with Gasteiger partial charge in [-0.15, -0.1) is 0 Å². The van der Waals surface area contributed by atoms with Gasteiger partial charge >= 0.3 is 0 Å². The van der Waals surface area contributed by atoms with Gasteiger partial charge in [-0.05, 0) is 18.9 Å². The Kier molecular flexibility index (Phi) is 4.21. The molecule has 1 N–H and O–H groups in total. The van der Waals surface area contributed by atoms with Crippen molar-refractivity contribution < 1.29 is 8.78 Å². The Morgan fingerprint density at radius 1 is 1.20 bits per heavy atom. The summed E-state index contributed by atoms with van der Waals surface area (Å²) in [4.78, 5) is 0. The molecule has 1 rings (SSSR count). The van der Waals surface area contributed by atoms with Crippen LogP contribution in [0.4, 0.5) is 8.78 Å². The van der Waals surface area contributed by atoms with Gasteiger partial charge in [-0.2, -0.15) is 0 Å². The van der Waals surface area contributed by atoms with Crippen LogP contribution in [0.3, 0.4) is 0 Å². The fourth-order valence-electron chi connectivity index (χ4n) is 1.19. The monoisotopic (exact) mass is 213 g/mol. The maximum absolute atomic E-state index is 13.2. The van der Waals surface area contributed by atoms with Crippen LogP contribution in [0.1, 0.15) is 26.3 Å². The van der Waals surface area contributed by atoms with Crippen molar-refractivity contribution in [3.63, 3.8) is 0 Å². The number of rotatable bonds is 4. The first-order chi connectivity index (χ1) is 7.02. The molecule has 0 aromatic heterocycles. The lowest BCUT2D eigenvalue weighted by Gasteiger charge is -2.17. The Bertz CT molecular complexity index is 323. The highest BCUT2D eigenvalue weighted by atomic mass is 19.2. The zero-order valence-corrected chi connectivity index (χ0v) is 9.35. The second kappa shape index (κ2) is 5.21. The molecule has 0 aliphatic heterocycles. The van der Waals surface area contributed by atoms with Gasteiger partial charge in [0, 0.05) is 18.2 Å². The van der Waals surface area contributed by atoms with Gasteiger partial charge in [0.2, 0.25) is 0 Å². The summed E-state index contributed by atoms with van der Waals surface area (Å²) in [6.07, 6.45) is 0. The van der Waals surface area contributed by atoms with Crippen molar-refractivity contribution >= 4 is 0 Å². The quantitative estimate of drug-likeness (QED) is 0.810.